The monoisotopic (exact) mass is 344 g/mol. The summed E-state index contributed by atoms with van der Waals surface area (Å²) in [4.78, 5) is 0. The van der Waals surface area contributed by atoms with Crippen LogP contribution >= 0.6 is 39.1 Å². The molecule has 18 heavy (non-hydrogen) atoms. The lowest BCUT2D eigenvalue weighted by molar-refractivity contribution is 0.178. The first-order valence-electron chi connectivity index (χ1n) is 5.44. The van der Waals surface area contributed by atoms with E-state index in [1.807, 2.05) is 24.3 Å². The maximum Gasteiger partial charge on any atom is 0.0831 e. The summed E-state index contributed by atoms with van der Waals surface area (Å²) >= 11 is 15.3. The van der Waals surface area contributed by atoms with Gasteiger partial charge in [-0.1, -0.05) is 57.3 Å². The number of hydrogen-bond acceptors (Lipinski definition) is 1. The fourth-order valence-corrected chi connectivity index (χ4v) is 2.75. The van der Waals surface area contributed by atoms with E-state index in [1.54, 1.807) is 18.2 Å². The smallest absolute Gasteiger partial charge is 0.0831 e. The number of aliphatic hydroxyl groups is 1. The van der Waals surface area contributed by atoms with Crippen LogP contribution in [-0.4, -0.2) is 5.11 Å². The van der Waals surface area contributed by atoms with E-state index < -0.39 is 6.10 Å². The van der Waals surface area contributed by atoms with E-state index >= 15 is 0 Å². The van der Waals surface area contributed by atoms with Crippen molar-refractivity contribution in [2.75, 3.05) is 0 Å². The molecule has 1 nitrogen and oxygen atoms in total. The van der Waals surface area contributed by atoms with E-state index in [2.05, 4.69) is 15.9 Å². The molecule has 2 aromatic rings. The molecule has 94 valence electrons. The van der Waals surface area contributed by atoms with Gasteiger partial charge in [-0.25, -0.2) is 0 Å². The van der Waals surface area contributed by atoms with Crippen LogP contribution in [0.3, 0.4) is 0 Å². The molecule has 0 amide bonds. The SMILES string of the molecule is OC(Cc1ccccc1Br)c1cc(Cl)cc(Cl)c1. The van der Waals surface area contributed by atoms with E-state index in [9.17, 15) is 5.11 Å². The van der Waals surface area contributed by atoms with E-state index in [0.29, 0.717) is 16.5 Å². The van der Waals surface area contributed by atoms with Crippen molar-refractivity contribution in [3.8, 4) is 0 Å². The van der Waals surface area contributed by atoms with Crippen LogP contribution in [0.2, 0.25) is 10.0 Å². The van der Waals surface area contributed by atoms with Crippen molar-refractivity contribution >= 4 is 39.1 Å². The van der Waals surface area contributed by atoms with Crippen molar-refractivity contribution in [1.29, 1.82) is 0 Å². The summed E-state index contributed by atoms with van der Waals surface area (Å²) in [7, 11) is 0. The van der Waals surface area contributed by atoms with Crippen LogP contribution in [0.5, 0.6) is 0 Å². The van der Waals surface area contributed by atoms with E-state index in [1.165, 1.54) is 0 Å². The van der Waals surface area contributed by atoms with Crippen LogP contribution in [0, 0.1) is 0 Å². The van der Waals surface area contributed by atoms with E-state index in [4.69, 9.17) is 23.2 Å². The van der Waals surface area contributed by atoms with Gasteiger partial charge in [0.25, 0.3) is 0 Å². The van der Waals surface area contributed by atoms with Gasteiger partial charge in [0.15, 0.2) is 0 Å². The van der Waals surface area contributed by atoms with Gasteiger partial charge in [0, 0.05) is 20.9 Å². The molecule has 0 aliphatic carbocycles. The van der Waals surface area contributed by atoms with Crippen molar-refractivity contribution in [2.24, 2.45) is 0 Å². The second-order valence-corrected chi connectivity index (χ2v) is 5.74. The van der Waals surface area contributed by atoms with Gasteiger partial charge in [0.1, 0.15) is 0 Å². The zero-order valence-corrected chi connectivity index (χ0v) is 12.5. The number of rotatable bonds is 3. The summed E-state index contributed by atoms with van der Waals surface area (Å²) in [5.74, 6) is 0. The van der Waals surface area contributed by atoms with Crippen molar-refractivity contribution in [1.82, 2.24) is 0 Å². The van der Waals surface area contributed by atoms with E-state index in [-0.39, 0.29) is 0 Å². The first kappa shape index (κ1) is 13.9. The lowest BCUT2D eigenvalue weighted by Crippen LogP contribution is -2.02. The Morgan fingerprint density at radius 1 is 1.06 bits per heavy atom. The highest BCUT2D eigenvalue weighted by Crippen LogP contribution is 2.27. The number of halogens is 3. The molecule has 0 bridgehead atoms. The molecule has 0 heterocycles. The molecule has 2 aromatic carbocycles. The first-order valence-corrected chi connectivity index (χ1v) is 6.98. The Morgan fingerprint density at radius 2 is 1.67 bits per heavy atom. The molecule has 0 fully saturated rings. The van der Waals surface area contributed by atoms with Crippen LogP contribution in [0.4, 0.5) is 0 Å². The maximum atomic E-state index is 10.2. The van der Waals surface area contributed by atoms with Gasteiger partial charge in [0.2, 0.25) is 0 Å². The molecule has 1 unspecified atom stereocenters. The normalized spacial score (nSPS) is 12.4. The zero-order valence-electron chi connectivity index (χ0n) is 9.41. The third kappa shape index (κ3) is 3.48. The van der Waals surface area contributed by atoms with Gasteiger partial charge in [-0.3, -0.25) is 0 Å². The van der Waals surface area contributed by atoms with Crippen LogP contribution in [0.25, 0.3) is 0 Å². The average molecular weight is 346 g/mol. The summed E-state index contributed by atoms with van der Waals surface area (Å²) < 4.78 is 0.983. The highest BCUT2D eigenvalue weighted by molar-refractivity contribution is 9.10. The minimum absolute atomic E-state index is 0.512. The third-order valence-corrected chi connectivity index (χ3v) is 3.85. The molecular weight excluding hydrogens is 335 g/mol. The van der Waals surface area contributed by atoms with Gasteiger partial charge in [0.05, 0.1) is 6.10 Å². The molecule has 4 heteroatoms. The van der Waals surface area contributed by atoms with Gasteiger partial charge >= 0.3 is 0 Å². The van der Waals surface area contributed by atoms with Crippen molar-refractivity contribution in [3.05, 3.63) is 68.1 Å². The van der Waals surface area contributed by atoms with Crippen LogP contribution in [-0.2, 0) is 6.42 Å². The summed E-state index contributed by atoms with van der Waals surface area (Å²) in [6.45, 7) is 0. The second kappa shape index (κ2) is 6.07. The summed E-state index contributed by atoms with van der Waals surface area (Å²) in [5.41, 5.74) is 1.77. The lowest BCUT2D eigenvalue weighted by atomic mass is 10.0. The molecule has 0 aliphatic heterocycles. The topological polar surface area (TPSA) is 20.2 Å². The fourth-order valence-electron chi connectivity index (χ4n) is 1.76. The Kier molecular flexibility index (Phi) is 4.68. The van der Waals surface area contributed by atoms with Crippen molar-refractivity contribution in [2.45, 2.75) is 12.5 Å². The Labute approximate surface area is 124 Å². The van der Waals surface area contributed by atoms with Gasteiger partial charge < -0.3 is 5.11 Å². The Hall–Kier alpha value is -0.540. The highest BCUT2D eigenvalue weighted by Gasteiger charge is 2.11. The highest BCUT2D eigenvalue weighted by atomic mass is 79.9. The summed E-state index contributed by atoms with van der Waals surface area (Å²) in [6, 6.07) is 12.9. The maximum absolute atomic E-state index is 10.2. The van der Waals surface area contributed by atoms with Crippen LogP contribution in [0.15, 0.2) is 46.9 Å². The molecule has 1 atom stereocenters. The molecule has 0 aliphatic rings. The van der Waals surface area contributed by atoms with Crippen molar-refractivity contribution in [3.63, 3.8) is 0 Å². The van der Waals surface area contributed by atoms with Gasteiger partial charge in [-0.2, -0.15) is 0 Å². The molecule has 1 N–H and O–H groups in total. The molecule has 0 saturated heterocycles. The molecule has 0 radical (unpaired) electrons. The van der Waals surface area contributed by atoms with Crippen molar-refractivity contribution < 1.29 is 5.11 Å². The number of hydrogen-bond donors (Lipinski definition) is 1. The lowest BCUT2D eigenvalue weighted by Gasteiger charge is -2.13. The largest absolute Gasteiger partial charge is 0.388 e. The Balaban J connectivity index is 2.22. The molecule has 0 aromatic heterocycles. The third-order valence-electron chi connectivity index (χ3n) is 2.64. The number of aliphatic hydroxyl groups excluding tert-OH is 1. The van der Waals surface area contributed by atoms with Gasteiger partial charge in [-0.05, 0) is 35.4 Å². The minimum atomic E-state index is -0.625. The molecule has 0 spiro atoms. The minimum Gasteiger partial charge on any atom is -0.388 e. The fraction of sp³-hybridized carbons (Fsp3) is 0.143. The van der Waals surface area contributed by atoms with Gasteiger partial charge in [-0.15, -0.1) is 0 Å². The molecule has 0 saturated carbocycles. The predicted octanol–water partition coefficient (Wildman–Crippen LogP) is 5.03. The molecular formula is C14H11BrCl2O. The standard InChI is InChI=1S/C14H11BrCl2O/c15-13-4-2-1-3-9(13)7-14(18)10-5-11(16)8-12(17)6-10/h1-6,8,14,18H,7H2. The molecule has 2 rings (SSSR count). The zero-order chi connectivity index (χ0) is 13.1. The first-order chi connectivity index (χ1) is 8.56. The summed E-state index contributed by atoms with van der Waals surface area (Å²) in [6.07, 6.45) is -0.113. The van der Waals surface area contributed by atoms with Crippen LogP contribution < -0.4 is 0 Å². The second-order valence-electron chi connectivity index (χ2n) is 4.01. The van der Waals surface area contributed by atoms with E-state index in [0.717, 1.165) is 15.6 Å². The van der Waals surface area contributed by atoms with Crippen LogP contribution in [0.1, 0.15) is 17.2 Å². The quantitative estimate of drug-likeness (QED) is 0.826. The summed E-state index contributed by atoms with van der Waals surface area (Å²) in [5, 5.41) is 11.3. The predicted molar refractivity (Wildman–Crippen MR) is 79.3 cm³/mol. The number of benzene rings is 2. The Morgan fingerprint density at radius 3 is 2.28 bits per heavy atom. The average Bonchev–Trinajstić information content (AvgIpc) is 2.31. The Bertz CT molecular complexity index is 537.